The number of ketones is 1. The molecule has 0 saturated heterocycles. The zero-order chi connectivity index (χ0) is 13.8. The fraction of sp³-hybridized carbons (Fsp3) is 0.200. The van der Waals surface area contributed by atoms with Crippen LogP contribution < -0.4 is 5.32 Å². The summed E-state index contributed by atoms with van der Waals surface area (Å²) < 4.78 is 5.08. The molecule has 0 bridgehead atoms. The van der Waals surface area contributed by atoms with E-state index in [0.29, 0.717) is 11.3 Å². The van der Waals surface area contributed by atoms with Crippen LogP contribution in [0.15, 0.2) is 41.0 Å². The number of furan rings is 1. The summed E-state index contributed by atoms with van der Waals surface area (Å²) in [5, 5.41) is 2.54. The van der Waals surface area contributed by atoms with Crippen LogP contribution in [0.5, 0.6) is 0 Å². The van der Waals surface area contributed by atoms with Crippen LogP contribution in [0.25, 0.3) is 0 Å². The van der Waals surface area contributed by atoms with Crippen LogP contribution in [0.3, 0.4) is 0 Å². The van der Waals surface area contributed by atoms with E-state index in [4.69, 9.17) is 4.42 Å². The Morgan fingerprint density at radius 3 is 2.58 bits per heavy atom. The summed E-state index contributed by atoms with van der Waals surface area (Å²) in [6.07, 6.45) is 1.52. The van der Waals surface area contributed by atoms with Crippen molar-refractivity contribution in [1.29, 1.82) is 0 Å². The summed E-state index contributed by atoms with van der Waals surface area (Å²) in [5.74, 6) is -0.546. The van der Waals surface area contributed by atoms with Crippen LogP contribution >= 0.6 is 0 Å². The number of Topliss-reactive ketones (excluding diaryl/α,β-unsaturated/α-hetero) is 1. The standard InChI is InChI=1S/C15H15NO3/c1-10-5-6-12(8-11(10)2)14(17)15(18)16-9-13-4-3-7-19-13/h3-8H,9H2,1-2H3,(H,16,18). The van der Waals surface area contributed by atoms with E-state index in [1.807, 2.05) is 19.9 Å². The Hall–Kier alpha value is -2.36. The monoisotopic (exact) mass is 257 g/mol. The van der Waals surface area contributed by atoms with Crippen molar-refractivity contribution in [2.75, 3.05) is 0 Å². The number of nitrogens with one attached hydrogen (secondary N) is 1. The summed E-state index contributed by atoms with van der Waals surface area (Å²) in [6.45, 7) is 4.08. The molecule has 19 heavy (non-hydrogen) atoms. The van der Waals surface area contributed by atoms with Gasteiger partial charge in [-0.15, -0.1) is 0 Å². The van der Waals surface area contributed by atoms with Gasteiger partial charge < -0.3 is 9.73 Å². The Kier molecular flexibility index (Phi) is 3.80. The number of rotatable bonds is 4. The molecule has 0 fully saturated rings. The molecule has 0 aliphatic heterocycles. The molecule has 4 heteroatoms. The van der Waals surface area contributed by atoms with Gasteiger partial charge in [0.15, 0.2) is 0 Å². The van der Waals surface area contributed by atoms with Crippen molar-refractivity contribution in [3.63, 3.8) is 0 Å². The molecule has 0 spiro atoms. The van der Waals surface area contributed by atoms with E-state index < -0.39 is 11.7 Å². The average Bonchev–Trinajstić information content (AvgIpc) is 2.91. The highest BCUT2D eigenvalue weighted by molar-refractivity contribution is 6.42. The maximum Gasteiger partial charge on any atom is 0.292 e. The highest BCUT2D eigenvalue weighted by Crippen LogP contribution is 2.10. The van der Waals surface area contributed by atoms with Crippen LogP contribution in [0, 0.1) is 13.8 Å². The maximum absolute atomic E-state index is 11.9. The molecule has 98 valence electrons. The molecular formula is C15H15NO3. The van der Waals surface area contributed by atoms with Gasteiger partial charge in [0.25, 0.3) is 5.91 Å². The first kappa shape index (κ1) is 13.1. The van der Waals surface area contributed by atoms with Crippen LogP contribution in [0.4, 0.5) is 0 Å². The van der Waals surface area contributed by atoms with Gasteiger partial charge in [0, 0.05) is 5.56 Å². The largest absolute Gasteiger partial charge is 0.467 e. The van der Waals surface area contributed by atoms with Gasteiger partial charge in [-0.05, 0) is 43.2 Å². The minimum Gasteiger partial charge on any atom is -0.467 e. The van der Waals surface area contributed by atoms with E-state index in [0.717, 1.165) is 11.1 Å². The fourth-order valence-corrected chi connectivity index (χ4v) is 1.67. The summed E-state index contributed by atoms with van der Waals surface area (Å²) in [4.78, 5) is 23.7. The molecular weight excluding hydrogens is 242 g/mol. The van der Waals surface area contributed by atoms with E-state index in [1.165, 1.54) is 6.26 Å². The molecule has 1 N–H and O–H groups in total. The van der Waals surface area contributed by atoms with Crippen molar-refractivity contribution in [3.8, 4) is 0 Å². The molecule has 0 unspecified atom stereocenters. The van der Waals surface area contributed by atoms with Crippen molar-refractivity contribution in [3.05, 3.63) is 59.0 Å². The topological polar surface area (TPSA) is 59.3 Å². The Bertz CT molecular complexity index is 600. The minimum atomic E-state index is -0.625. The zero-order valence-corrected chi connectivity index (χ0v) is 10.9. The third-order valence-corrected chi connectivity index (χ3v) is 2.98. The average molecular weight is 257 g/mol. The lowest BCUT2D eigenvalue weighted by Crippen LogP contribution is -2.30. The lowest BCUT2D eigenvalue weighted by Gasteiger charge is -2.05. The number of aryl methyl sites for hydroxylation is 2. The molecule has 0 atom stereocenters. The zero-order valence-electron chi connectivity index (χ0n) is 10.9. The van der Waals surface area contributed by atoms with Crippen molar-refractivity contribution in [2.45, 2.75) is 20.4 Å². The molecule has 0 aliphatic carbocycles. The second-order valence-electron chi connectivity index (χ2n) is 4.39. The van der Waals surface area contributed by atoms with Gasteiger partial charge in [0.2, 0.25) is 5.78 Å². The first-order valence-electron chi connectivity index (χ1n) is 6.00. The number of hydrogen-bond acceptors (Lipinski definition) is 3. The quantitative estimate of drug-likeness (QED) is 0.675. The molecule has 0 radical (unpaired) electrons. The van der Waals surface area contributed by atoms with Gasteiger partial charge >= 0.3 is 0 Å². The molecule has 1 heterocycles. The van der Waals surface area contributed by atoms with E-state index in [2.05, 4.69) is 5.32 Å². The molecule has 2 rings (SSSR count). The number of benzene rings is 1. The van der Waals surface area contributed by atoms with Crippen LogP contribution in [-0.4, -0.2) is 11.7 Å². The SMILES string of the molecule is Cc1ccc(C(=O)C(=O)NCc2ccco2)cc1C. The number of carbonyl (C=O) groups is 2. The summed E-state index contributed by atoms with van der Waals surface area (Å²) in [6, 6.07) is 8.69. The van der Waals surface area contributed by atoms with Crippen molar-refractivity contribution in [2.24, 2.45) is 0 Å². The van der Waals surface area contributed by atoms with Crippen molar-refractivity contribution >= 4 is 11.7 Å². The number of amides is 1. The Balaban J connectivity index is 2.02. The third kappa shape index (κ3) is 3.10. The Labute approximate surface area is 111 Å². The Morgan fingerprint density at radius 2 is 1.95 bits per heavy atom. The van der Waals surface area contributed by atoms with Crippen LogP contribution in [-0.2, 0) is 11.3 Å². The maximum atomic E-state index is 11.9. The third-order valence-electron chi connectivity index (χ3n) is 2.98. The lowest BCUT2D eigenvalue weighted by atomic mass is 10.0. The predicted octanol–water partition coefficient (Wildman–Crippen LogP) is 2.40. The molecule has 0 saturated carbocycles. The van der Waals surface area contributed by atoms with E-state index in [9.17, 15) is 9.59 Å². The highest BCUT2D eigenvalue weighted by atomic mass is 16.3. The first-order valence-corrected chi connectivity index (χ1v) is 6.00. The van der Waals surface area contributed by atoms with Crippen molar-refractivity contribution < 1.29 is 14.0 Å². The summed E-state index contributed by atoms with van der Waals surface area (Å²) in [5.41, 5.74) is 2.48. The van der Waals surface area contributed by atoms with Gasteiger partial charge in [0.05, 0.1) is 12.8 Å². The smallest absolute Gasteiger partial charge is 0.292 e. The summed E-state index contributed by atoms with van der Waals surface area (Å²) >= 11 is 0. The van der Waals surface area contributed by atoms with Gasteiger partial charge in [0.1, 0.15) is 5.76 Å². The van der Waals surface area contributed by atoms with E-state index >= 15 is 0 Å². The number of hydrogen-bond donors (Lipinski definition) is 1. The van der Waals surface area contributed by atoms with Gasteiger partial charge in [-0.2, -0.15) is 0 Å². The first-order chi connectivity index (χ1) is 9.08. The molecule has 2 aromatic rings. The fourth-order valence-electron chi connectivity index (χ4n) is 1.67. The van der Waals surface area contributed by atoms with Gasteiger partial charge in [-0.1, -0.05) is 12.1 Å². The van der Waals surface area contributed by atoms with E-state index in [1.54, 1.807) is 24.3 Å². The molecule has 1 aromatic heterocycles. The van der Waals surface area contributed by atoms with Crippen molar-refractivity contribution in [1.82, 2.24) is 5.32 Å². The molecule has 1 aromatic carbocycles. The second kappa shape index (κ2) is 5.52. The lowest BCUT2D eigenvalue weighted by molar-refractivity contribution is -0.117. The molecule has 4 nitrogen and oxygen atoms in total. The van der Waals surface area contributed by atoms with Gasteiger partial charge in [-0.3, -0.25) is 9.59 Å². The summed E-state index contributed by atoms with van der Waals surface area (Å²) in [7, 11) is 0. The van der Waals surface area contributed by atoms with Gasteiger partial charge in [-0.25, -0.2) is 0 Å². The van der Waals surface area contributed by atoms with Crippen LogP contribution in [0.2, 0.25) is 0 Å². The normalized spacial score (nSPS) is 10.2. The van der Waals surface area contributed by atoms with Crippen LogP contribution in [0.1, 0.15) is 27.2 Å². The molecule has 1 amide bonds. The predicted molar refractivity (Wildman–Crippen MR) is 70.8 cm³/mol. The van der Waals surface area contributed by atoms with E-state index in [-0.39, 0.29) is 6.54 Å². The Morgan fingerprint density at radius 1 is 1.16 bits per heavy atom. The highest BCUT2D eigenvalue weighted by Gasteiger charge is 2.16. The second-order valence-corrected chi connectivity index (χ2v) is 4.39. The number of carbonyl (C=O) groups excluding carboxylic acids is 2. The molecule has 0 aliphatic rings. The minimum absolute atomic E-state index is 0.211.